The lowest BCUT2D eigenvalue weighted by molar-refractivity contribution is 0.362. The van der Waals surface area contributed by atoms with Crippen LogP contribution in [0.3, 0.4) is 0 Å². The monoisotopic (exact) mass is 441 g/mol. The second kappa shape index (κ2) is 9.10. The first-order valence-electron chi connectivity index (χ1n) is 10.7. The molecule has 1 atom stereocenters. The maximum atomic E-state index is 5.72. The molecule has 1 saturated heterocycles. The molecule has 5 rings (SSSR count). The third-order valence-electron chi connectivity index (χ3n) is 5.29. The van der Waals surface area contributed by atoms with Gasteiger partial charge in [0.05, 0.1) is 18.3 Å². The fraction of sp³-hybridized carbons (Fsp3) is 0.261. The number of rotatable bonds is 5. The number of nitrogens with zero attached hydrogens (tertiary/aromatic N) is 6. The number of nitrogens with one attached hydrogen (secondary N) is 2. The highest BCUT2D eigenvalue weighted by molar-refractivity contribution is 5.57. The van der Waals surface area contributed by atoms with Crippen LogP contribution in [0, 0.1) is 18.8 Å². The second-order valence-electron chi connectivity index (χ2n) is 7.69. The number of nitrogens with two attached hydrogens (primary N) is 1. The van der Waals surface area contributed by atoms with Crippen LogP contribution in [-0.4, -0.2) is 43.4 Å². The van der Waals surface area contributed by atoms with Gasteiger partial charge in [0.15, 0.2) is 11.6 Å². The van der Waals surface area contributed by atoms with E-state index in [-0.39, 0.29) is 12.6 Å². The molecular formula is C23H23N9O. The van der Waals surface area contributed by atoms with Gasteiger partial charge in [0.25, 0.3) is 0 Å². The van der Waals surface area contributed by atoms with Gasteiger partial charge in [0, 0.05) is 36.6 Å². The molecule has 0 radical (unpaired) electrons. The largest absolute Gasteiger partial charge is 0.358 e. The minimum atomic E-state index is -0.0341. The van der Waals surface area contributed by atoms with Gasteiger partial charge in [0.2, 0.25) is 5.95 Å². The first-order chi connectivity index (χ1) is 16.2. The lowest BCUT2D eigenvalue weighted by atomic mass is 10.1. The Bertz CT molecular complexity index is 1300. The molecule has 0 amide bonds. The fourth-order valence-corrected chi connectivity index (χ4v) is 3.83. The molecule has 4 aromatic heterocycles. The number of H-pyrrole nitrogens is 1. The minimum absolute atomic E-state index is 0.0341. The van der Waals surface area contributed by atoms with E-state index in [9.17, 15) is 0 Å². The van der Waals surface area contributed by atoms with E-state index in [1.807, 2.05) is 37.3 Å². The summed E-state index contributed by atoms with van der Waals surface area (Å²) in [5.74, 6) is 8.47. The van der Waals surface area contributed by atoms with E-state index in [0.29, 0.717) is 29.0 Å². The quantitative estimate of drug-likeness (QED) is 0.399. The Labute approximate surface area is 190 Å². The molecule has 4 aromatic rings. The zero-order valence-electron chi connectivity index (χ0n) is 18.1. The predicted octanol–water partition coefficient (Wildman–Crippen LogP) is 2.95. The Kier molecular flexibility index (Phi) is 5.70. The normalized spacial score (nSPS) is 15.3. The SMILES string of the molecule is Cc1cc(Nc2cc(C#CCN)nc(N3CCC[C@H]3c3cc(-c4ccccn4)no3)n2)n[nH]1. The Balaban J connectivity index is 1.46. The highest BCUT2D eigenvalue weighted by Gasteiger charge is 2.32. The van der Waals surface area contributed by atoms with Crippen LogP contribution < -0.4 is 16.0 Å². The summed E-state index contributed by atoms with van der Waals surface area (Å²) in [7, 11) is 0. The number of aryl methyl sites for hydroxylation is 1. The van der Waals surface area contributed by atoms with Crippen molar-refractivity contribution in [3.8, 4) is 23.2 Å². The maximum absolute atomic E-state index is 5.72. The first-order valence-corrected chi connectivity index (χ1v) is 10.7. The van der Waals surface area contributed by atoms with E-state index in [0.717, 1.165) is 36.5 Å². The van der Waals surface area contributed by atoms with Crippen LogP contribution in [-0.2, 0) is 0 Å². The van der Waals surface area contributed by atoms with Crippen molar-refractivity contribution in [1.82, 2.24) is 30.3 Å². The number of hydrogen-bond acceptors (Lipinski definition) is 9. The Morgan fingerprint density at radius 3 is 2.94 bits per heavy atom. The average molecular weight is 441 g/mol. The van der Waals surface area contributed by atoms with E-state index < -0.39 is 0 Å². The van der Waals surface area contributed by atoms with Gasteiger partial charge in [-0.05, 0) is 37.8 Å². The van der Waals surface area contributed by atoms with Crippen LogP contribution in [0.25, 0.3) is 11.4 Å². The number of anilines is 3. The van der Waals surface area contributed by atoms with Gasteiger partial charge >= 0.3 is 0 Å². The molecule has 1 aliphatic heterocycles. The third-order valence-corrected chi connectivity index (χ3v) is 5.29. The van der Waals surface area contributed by atoms with Crippen molar-refractivity contribution >= 4 is 17.6 Å². The summed E-state index contributed by atoms with van der Waals surface area (Å²) in [4.78, 5) is 15.9. The molecule has 0 bridgehead atoms. The molecule has 1 fully saturated rings. The lowest BCUT2D eigenvalue weighted by Crippen LogP contribution is -2.25. The van der Waals surface area contributed by atoms with Crippen LogP contribution in [0.4, 0.5) is 17.6 Å². The fourth-order valence-electron chi connectivity index (χ4n) is 3.83. The van der Waals surface area contributed by atoms with Gasteiger partial charge in [-0.15, -0.1) is 0 Å². The maximum Gasteiger partial charge on any atom is 0.229 e. The van der Waals surface area contributed by atoms with E-state index >= 15 is 0 Å². The van der Waals surface area contributed by atoms with Crippen molar-refractivity contribution in [2.45, 2.75) is 25.8 Å². The van der Waals surface area contributed by atoms with Gasteiger partial charge in [-0.2, -0.15) is 10.1 Å². The van der Waals surface area contributed by atoms with E-state index in [1.165, 1.54) is 0 Å². The highest BCUT2D eigenvalue weighted by atomic mass is 16.5. The molecule has 1 aliphatic rings. The van der Waals surface area contributed by atoms with Gasteiger partial charge in [0.1, 0.15) is 17.2 Å². The molecule has 33 heavy (non-hydrogen) atoms. The van der Waals surface area contributed by atoms with E-state index in [4.69, 9.17) is 15.2 Å². The molecule has 10 heteroatoms. The Morgan fingerprint density at radius 2 is 2.15 bits per heavy atom. The van der Waals surface area contributed by atoms with Gasteiger partial charge in [-0.25, -0.2) is 4.98 Å². The lowest BCUT2D eigenvalue weighted by Gasteiger charge is -2.23. The summed E-state index contributed by atoms with van der Waals surface area (Å²) in [5.41, 5.74) is 8.57. The zero-order valence-corrected chi connectivity index (χ0v) is 18.1. The number of hydrogen-bond donors (Lipinski definition) is 3. The van der Waals surface area contributed by atoms with Crippen LogP contribution in [0.15, 0.2) is 47.1 Å². The second-order valence-corrected chi connectivity index (χ2v) is 7.69. The first kappa shape index (κ1) is 20.7. The van der Waals surface area contributed by atoms with E-state index in [2.05, 4.69) is 47.4 Å². The van der Waals surface area contributed by atoms with Crippen molar-refractivity contribution in [2.75, 3.05) is 23.3 Å². The minimum Gasteiger partial charge on any atom is -0.358 e. The predicted molar refractivity (Wildman–Crippen MR) is 124 cm³/mol. The summed E-state index contributed by atoms with van der Waals surface area (Å²) >= 11 is 0. The van der Waals surface area contributed by atoms with Crippen molar-refractivity contribution in [3.63, 3.8) is 0 Å². The van der Waals surface area contributed by atoms with Crippen LogP contribution in [0.1, 0.15) is 36.0 Å². The summed E-state index contributed by atoms with van der Waals surface area (Å²) in [6.45, 7) is 2.98. The molecule has 166 valence electrons. The van der Waals surface area contributed by atoms with Gasteiger partial charge in [-0.1, -0.05) is 17.1 Å². The smallest absolute Gasteiger partial charge is 0.229 e. The van der Waals surface area contributed by atoms with Crippen LogP contribution >= 0.6 is 0 Å². The third kappa shape index (κ3) is 4.53. The van der Waals surface area contributed by atoms with Crippen molar-refractivity contribution in [1.29, 1.82) is 0 Å². The van der Waals surface area contributed by atoms with Crippen LogP contribution in [0.5, 0.6) is 0 Å². The highest BCUT2D eigenvalue weighted by Crippen LogP contribution is 2.36. The van der Waals surface area contributed by atoms with Crippen molar-refractivity contribution in [2.24, 2.45) is 5.73 Å². The van der Waals surface area contributed by atoms with Gasteiger partial charge in [-0.3, -0.25) is 10.1 Å². The summed E-state index contributed by atoms with van der Waals surface area (Å²) in [5, 5.41) is 14.6. The summed E-state index contributed by atoms with van der Waals surface area (Å²) in [6, 6.07) is 11.3. The summed E-state index contributed by atoms with van der Waals surface area (Å²) in [6.07, 6.45) is 3.62. The molecule has 0 spiro atoms. The molecule has 0 saturated carbocycles. The summed E-state index contributed by atoms with van der Waals surface area (Å²) < 4.78 is 5.72. The number of pyridine rings is 1. The van der Waals surface area contributed by atoms with Crippen molar-refractivity contribution < 1.29 is 4.52 Å². The molecule has 0 aliphatic carbocycles. The average Bonchev–Trinajstić information content (AvgIpc) is 3.59. The van der Waals surface area contributed by atoms with Gasteiger partial charge < -0.3 is 20.5 Å². The Hall–Kier alpha value is -4.23. The molecular weight excluding hydrogens is 418 g/mol. The molecule has 5 heterocycles. The topological polar surface area (TPSA) is 135 Å². The van der Waals surface area contributed by atoms with E-state index in [1.54, 1.807) is 12.3 Å². The molecule has 4 N–H and O–H groups in total. The zero-order chi connectivity index (χ0) is 22.6. The molecule has 0 aromatic carbocycles. The van der Waals surface area contributed by atoms with Crippen LogP contribution in [0.2, 0.25) is 0 Å². The molecule has 10 nitrogen and oxygen atoms in total. The Morgan fingerprint density at radius 1 is 1.21 bits per heavy atom. The number of aromatic nitrogens is 6. The molecule has 0 unspecified atom stereocenters. The number of aromatic amines is 1. The standard InChI is InChI=1S/C23H23N9O/c1-15-12-22(30-29-15)27-21-13-16(6-4-9-24)26-23(28-21)32-11-5-8-19(32)20-14-18(31-33-20)17-7-2-3-10-25-17/h2-3,7,10,12-14,19H,5,8-9,11,24H2,1H3,(H2,26,27,28,29,30)/t19-/m0/s1. The van der Waals surface area contributed by atoms with Crippen molar-refractivity contribution in [3.05, 3.63) is 59.7 Å².